The molecule has 0 bridgehead atoms. The number of nitrogens with one attached hydrogen (secondary N) is 4. The summed E-state index contributed by atoms with van der Waals surface area (Å²) in [7, 11) is 0. The maximum Gasteiger partial charge on any atom is 0.308 e. The minimum atomic E-state index is -1.38. The number of benzene rings is 1. The lowest BCUT2D eigenvalue weighted by atomic mass is 10.0. The van der Waals surface area contributed by atoms with Crippen molar-refractivity contribution in [3.63, 3.8) is 0 Å². The standard InChI is InChI=1S/C33H47N9O7/c1-18(2)14-24(30(46)40-41-35)38-28(44)19(3)37-31(47)26-12-9-13-42(26)32(48)25(16-27(43)49-33(4,5)6)39-29(45)22(34)15-20-17-36-23-11-8-7-10-21(20)23/h7-8,10-11,17-19,22,24-26,36H,9,12-16,34H2,1-6H3,(H,37,47)(H,38,44)(H,39,45)/t19-,22-,24+,25-,26+/m1/s1. The number of azide groups is 1. The molecule has 6 N–H and O–H groups in total. The van der Waals surface area contributed by atoms with Gasteiger partial charge < -0.3 is 36.3 Å². The summed E-state index contributed by atoms with van der Waals surface area (Å²) in [6.45, 7) is 10.3. The first-order valence-corrected chi connectivity index (χ1v) is 16.3. The van der Waals surface area contributed by atoms with Crippen LogP contribution in [0.4, 0.5) is 0 Å². The number of hydrogen-bond donors (Lipinski definition) is 5. The van der Waals surface area contributed by atoms with Crippen LogP contribution in [0, 0.1) is 5.92 Å². The molecule has 1 saturated heterocycles. The normalized spacial score (nSPS) is 17.0. The van der Waals surface area contributed by atoms with Crippen molar-refractivity contribution in [3.05, 3.63) is 46.5 Å². The van der Waals surface area contributed by atoms with Gasteiger partial charge in [0.05, 0.1) is 18.5 Å². The van der Waals surface area contributed by atoms with Crippen LogP contribution in [-0.4, -0.2) is 87.7 Å². The lowest BCUT2D eigenvalue weighted by Crippen LogP contribution is -2.58. The Morgan fingerprint density at radius 2 is 1.73 bits per heavy atom. The fourth-order valence-corrected chi connectivity index (χ4v) is 5.64. The molecular formula is C33H47N9O7. The number of aromatic amines is 1. The Labute approximate surface area is 284 Å². The summed E-state index contributed by atoms with van der Waals surface area (Å²) in [4.78, 5) is 85.6. The highest BCUT2D eigenvalue weighted by Gasteiger charge is 2.40. The van der Waals surface area contributed by atoms with Gasteiger partial charge in [-0.2, -0.15) is 0 Å². The Balaban J connectivity index is 1.73. The number of hydrogen-bond acceptors (Lipinski definition) is 8. The number of para-hydroxylation sites is 1. The number of nitrogens with zero attached hydrogens (tertiary/aromatic N) is 4. The number of amides is 5. The smallest absolute Gasteiger partial charge is 0.308 e. The van der Waals surface area contributed by atoms with Crippen LogP contribution in [0.15, 0.2) is 35.6 Å². The van der Waals surface area contributed by atoms with E-state index in [9.17, 15) is 28.8 Å². The second-order valence-corrected chi connectivity index (χ2v) is 13.7. The predicted molar refractivity (Wildman–Crippen MR) is 180 cm³/mol. The molecule has 0 unspecified atom stereocenters. The zero-order valence-corrected chi connectivity index (χ0v) is 28.8. The first kappa shape index (κ1) is 38.5. The molecule has 5 atom stereocenters. The van der Waals surface area contributed by atoms with E-state index in [0.717, 1.165) is 16.5 Å². The molecule has 1 aromatic carbocycles. The van der Waals surface area contributed by atoms with Gasteiger partial charge in [0.1, 0.15) is 23.7 Å². The van der Waals surface area contributed by atoms with E-state index in [-0.39, 0.29) is 31.7 Å². The van der Waals surface area contributed by atoms with Crippen molar-refractivity contribution in [2.24, 2.45) is 16.8 Å². The van der Waals surface area contributed by atoms with Crippen LogP contribution in [0.2, 0.25) is 0 Å². The fraction of sp³-hybridized carbons (Fsp3) is 0.576. The highest BCUT2D eigenvalue weighted by molar-refractivity contribution is 5.97. The average molecular weight is 682 g/mol. The molecule has 2 aromatic rings. The van der Waals surface area contributed by atoms with Gasteiger partial charge in [0.15, 0.2) is 0 Å². The van der Waals surface area contributed by atoms with E-state index in [1.165, 1.54) is 11.8 Å². The number of carbonyl (C=O) groups is 6. The van der Waals surface area contributed by atoms with Crippen LogP contribution in [0.3, 0.4) is 0 Å². The highest BCUT2D eigenvalue weighted by Crippen LogP contribution is 2.22. The Hall–Kier alpha value is -4.95. The monoisotopic (exact) mass is 681 g/mol. The van der Waals surface area contributed by atoms with E-state index in [1.54, 1.807) is 27.0 Å². The van der Waals surface area contributed by atoms with Gasteiger partial charge in [-0.15, -0.1) is 0 Å². The first-order valence-electron chi connectivity index (χ1n) is 16.3. The number of ether oxygens (including phenoxy) is 1. The SMILES string of the molecule is CC(C)C[C@H](NC(=O)[C@@H](C)NC(=O)[C@@H]1CCCN1C(=O)[C@@H](CC(=O)OC(C)(C)C)NC(=O)[C@H](N)Cc1c[nH]c2ccccc12)C(=O)N=[N+]=[N-]. The van der Waals surface area contributed by atoms with E-state index >= 15 is 0 Å². The van der Waals surface area contributed by atoms with E-state index in [2.05, 4.69) is 31.0 Å². The summed E-state index contributed by atoms with van der Waals surface area (Å²) >= 11 is 0. The van der Waals surface area contributed by atoms with Gasteiger partial charge >= 0.3 is 5.97 Å². The van der Waals surface area contributed by atoms with Gasteiger partial charge in [-0.25, -0.2) is 0 Å². The molecule has 16 heteroatoms. The molecule has 0 saturated carbocycles. The van der Waals surface area contributed by atoms with Gasteiger partial charge in [-0.3, -0.25) is 28.8 Å². The van der Waals surface area contributed by atoms with Crippen molar-refractivity contribution < 1.29 is 33.5 Å². The van der Waals surface area contributed by atoms with Crippen molar-refractivity contribution >= 4 is 46.4 Å². The van der Waals surface area contributed by atoms with Gasteiger partial charge in [0.2, 0.25) is 29.5 Å². The molecule has 49 heavy (non-hydrogen) atoms. The van der Waals surface area contributed by atoms with Crippen LogP contribution in [0.25, 0.3) is 21.3 Å². The van der Waals surface area contributed by atoms with Crippen molar-refractivity contribution in [2.75, 3.05) is 6.54 Å². The molecule has 0 radical (unpaired) electrons. The minimum Gasteiger partial charge on any atom is -0.460 e. The topological polar surface area (TPSA) is 242 Å². The summed E-state index contributed by atoms with van der Waals surface area (Å²) in [5.41, 5.74) is 15.8. The van der Waals surface area contributed by atoms with Crippen molar-refractivity contribution in [2.45, 2.75) is 109 Å². The van der Waals surface area contributed by atoms with Crippen LogP contribution in [-0.2, 0) is 39.9 Å². The lowest BCUT2D eigenvalue weighted by Gasteiger charge is -2.30. The van der Waals surface area contributed by atoms with E-state index in [4.69, 9.17) is 16.0 Å². The molecule has 0 aliphatic carbocycles. The Morgan fingerprint density at radius 3 is 2.39 bits per heavy atom. The second kappa shape index (κ2) is 16.9. The summed E-state index contributed by atoms with van der Waals surface area (Å²) in [5.74, 6) is -4.25. The van der Waals surface area contributed by atoms with Gasteiger partial charge in [0, 0.05) is 28.6 Å². The van der Waals surface area contributed by atoms with Gasteiger partial charge in [0.25, 0.3) is 0 Å². The summed E-state index contributed by atoms with van der Waals surface area (Å²) < 4.78 is 5.43. The van der Waals surface area contributed by atoms with Crippen LogP contribution in [0.1, 0.15) is 72.8 Å². The summed E-state index contributed by atoms with van der Waals surface area (Å²) in [6.07, 6.45) is 2.36. The molecule has 1 fully saturated rings. The Morgan fingerprint density at radius 1 is 1.06 bits per heavy atom. The number of fused-ring (bicyclic) bond motifs is 1. The van der Waals surface area contributed by atoms with E-state index < -0.39 is 77.7 Å². The molecular weight excluding hydrogens is 634 g/mol. The molecule has 1 aliphatic heterocycles. The average Bonchev–Trinajstić information content (AvgIpc) is 3.67. The number of aromatic nitrogens is 1. The molecule has 3 rings (SSSR count). The van der Waals surface area contributed by atoms with Crippen molar-refractivity contribution in [1.29, 1.82) is 0 Å². The van der Waals surface area contributed by atoms with Gasteiger partial charge in [-0.05, 0) is 81.6 Å². The number of rotatable bonds is 14. The van der Waals surface area contributed by atoms with Crippen LogP contribution < -0.4 is 21.7 Å². The number of esters is 1. The largest absolute Gasteiger partial charge is 0.460 e. The highest BCUT2D eigenvalue weighted by atomic mass is 16.6. The third-order valence-electron chi connectivity index (χ3n) is 7.91. The maximum atomic E-state index is 13.9. The molecule has 16 nitrogen and oxygen atoms in total. The minimum absolute atomic E-state index is 0.0108. The van der Waals surface area contributed by atoms with E-state index in [1.807, 2.05) is 38.1 Å². The zero-order chi connectivity index (χ0) is 36.5. The quantitative estimate of drug-likeness (QED) is 0.0854. The zero-order valence-electron chi connectivity index (χ0n) is 28.8. The Bertz CT molecular complexity index is 1590. The second-order valence-electron chi connectivity index (χ2n) is 13.7. The number of likely N-dealkylation sites (tertiary alicyclic amines) is 1. The molecule has 1 aromatic heterocycles. The first-order chi connectivity index (χ1) is 23.0. The third kappa shape index (κ3) is 11.0. The van der Waals surface area contributed by atoms with Crippen molar-refractivity contribution in [3.8, 4) is 0 Å². The third-order valence-corrected chi connectivity index (χ3v) is 7.91. The van der Waals surface area contributed by atoms with Crippen molar-refractivity contribution in [1.82, 2.24) is 25.8 Å². The Kier molecular flexibility index (Phi) is 13.3. The fourth-order valence-electron chi connectivity index (χ4n) is 5.64. The van der Waals surface area contributed by atoms with Crippen LogP contribution in [0.5, 0.6) is 0 Å². The van der Waals surface area contributed by atoms with Gasteiger partial charge in [-0.1, -0.05) is 32.0 Å². The molecule has 1 aliphatic rings. The molecule has 2 heterocycles. The van der Waals surface area contributed by atoms with Crippen LogP contribution >= 0.6 is 0 Å². The summed E-state index contributed by atoms with van der Waals surface area (Å²) in [5, 5.41) is 11.7. The number of carbonyl (C=O) groups excluding carboxylic acids is 6. The molecule has 5 amide bonds. The summed E-state index contributed by atoms with van der Waals surface area (Å²) in [6, 6.07) is 1.91. The lowest BCUT2D eigenvalue weighted by molar-refractivity contribution is -0.157. The number of H-pyrrole nitrogens is 1. The molecule has 0 spiro atoms. The predicted octanol–water partition coefficient (Wildman–Crippen LogP) is 2.12. The maximum absolute atomic E-state index is 13.9. The molecule has 266 valence electrons. The number of nitrogens with two attached hydrogens (primary N) is 1. The van der Waals surface area contributed by atoms with E-state index in [0.29, 0.717) is 6.42 Å².